The molecule has 0 atom stereocenters. The Balaban J connectivity index is 1.43. The van der Waals surface area contributed by atoms with Gasteiger partial charge in [0.1, 0.15) is 11.5 Å². The Kier molecular flexibility index (Phi) is 7.69. The van der Waals surface area contributed by atoms with Gasteiger partial charge in [-0.25, -0.2) is 4.39 Å². The van der Waals surface area contributed by atoms with Crippen molar-refractivity contribution in [3.63, 3.8) is 0 Å². The summed E-state index contributed by atoms with van der Waals surface area (Å²) in [6.07, 6.45) is 4.93. The number of amides is 3. The molecule has 1 aliphatic carbocycles. The van der Waals surface area contributed by atoms with E-state index < -0.39 is 0 Å². The molecule has 0 aliphatic heterocycles. The van der Waals surface area contributed by atoms with E-state index in [1.807, 2.05) is 18.2 Å². The number of carbonyl (C=O) groups is 3. The number of benzene rings is 3. The van der Waals surface area contributed by atoms with E-state index in [0.717, 1.165) is 36.6 Å². The number of halogens is 1. The zero-order chi connectivity index (χ0) is 28.3. The normalized spacial score (nSPS) is 14.2. The Morgan fingerprint density at radius 2 is 1.50 bits per heavy atom. The molecule has 1 aromatic heterocycles. The van der Waals surface area contributed by atoms with Crippen LogP contribution in [0.2, 0.25) is 0 Å². The summed E-state index contributed by atoms with van der Waals surface area (Å²) >= 11 is 0. The van der Waals surface area contributed by atoms with Gasteiger partial charge in [0.05, 0.1) is 6.54 Å². The molecule has 0 radical (unpaired) electrons. The number of nitrogens with zero attached hydrogens (tertiary/aromatic N) is 1. The quantitative estimate of drug-likeness (QED) is 0.226. The van der Waals surface area contributed by atoms with E-state index in [1.54, 1.807) is 53.1 Å². The second-order valence-corrected chi connectivity index (χ2v) is 10.9. The molecule has 7 nitrogen and oxygen atoms in total. The average molecular weight is 541 g/mol. The van der Waals surface area contributed by atoms with Crippen molar-refractivity contribution in [2.45, 2.75) is 52.5 Å². The lowest BCUT2D eigenvalue weighted by atomic mass is 9.85. The van der Waals surface area contributed by atoms with Crippen molar-refractivity contribution in [2.24, 2.45) is 5.41 Å². The van der Waals surface area contributed by atoms with E-state index in [0.29, 0.717) is 34.7 Å². The van der Waals surface area contributed by atoms with Crippen molar-refractivity contribution in [1.29, 1.82) is 0 Å². The SMILES string of the molecule is CC(=O)Nc1ccc(NC(=O)c2cc3cc(NC(=O)CC4(C)CCCC4)ccc3n2Cc2ccccc2F)cc1. The fraction of sp³-hybridized carbons (Fsp3) is 0.281. The maximum Gasteiger partial charge on any atom is 0.272 e. The maximum atomic E-state index is 14.6. The molecule has 3 aromatic carbocycles. The van der Waals surface area contributed by atoms with Crippen LogP contribution in [0, 0.1) is 11.2 Å². The van der Waals surface area contributed by atoms with Crippen LogP contribution in [0.1, 0.15) is 62.0 Å². The first-order valence-electron chi connectivity index (χ1n) is 13.5. The Morgan fingerprint density at radius 1 is 0.850 bits per heavy atom. The van der Waals surface area contributed by atoms with E-state index in [9.17, 15) is 18.8 Å². The van der Waals surface area contributed by atoms with Crippen molar-refractivity contribution < 1.29 is 18.8 Å². The zero-order valence-electron chi connectivity index (χ0n) is 22.7. The van der Waals surface area contributed by atoms with Gasteiger partial charge >= 0.3 is 0 Å². The van der Waals surface area contributed by atoms with Crippen molar-refractivity contribution >= 4 is 45.7 Å². The monoisotopic (exact) mass is 540 g/mol. The molecule has 3 amide bonds. The zero-order valence-corrected chi connectivity index (χ0v) is 22.7. The van der Waals surface area contributed by atoms with Gasteiger partial charge in [0, 0.05) is 46.9 Å². The smallest absolute Gasteiger partial charge is 0.272 e. The van der Waals surface area contributed by atoms with E-state index in [-0.39, 0.29) is 35.5 Å². The minimum Gasteiger partial charge on any atom is -0.332 e. The minimum absolute atomic E-state index is 0.0183. The summed E-state index contributed by atoms with van der Waals surface area (Å²) < 4.78 is 16.4. The van der Waals surface area contributed by atoms with Crippen LogP contribution < -0.4 is 16.0 Å². The lowest BCUT2D eigenvalue weighted by molar-refractivity contribution is -0.118. The topological polar surface area (TPSA) is 92.2 Å². The molecule has 8 heteroatoms. The molecule has 1 heterocycles. The number of nitrogens with one attached hydrogen (secondary N) is 3. The lowest BCUT2D eigenvalue weighted by Crippen LogP contribution is -2.22. The molecule has 0 spiro atoms. The highest BCUT2D eigenvalue weighted by atomic mass is 19.1. The van der Waals surface area contributed by atoms with Crippen LogP contribution in [0.25, 0.3) is 10.9 Å². The number of hydrogen-bond donors (Lipinski definition) is 3. The molecule has 3 N–H and O–H groups in total. The third-order valence-electron chi connectivity index (χ3n) is 7.57. The van der Waals surface area contributed by atoms with Gasteiger partial charge in [-0.1, -0.05) is 38.0 Å². The summed E-state index contributed by atoms with van der Waals surface area (Å²) in [4.78, 5) is 37.6. The average Bonchev–Trinajstić information content (AvgIpc) is 3.49. The summed E-state index contributed by atoms with van der Waals surface area (Å²) in [5.41, 5.74) is 3.42. The van der Waals surface area contributed by atoms with E-state index in [2.05, 4.69) is 22.9 Å². The van der Waals surface area contributed by atoms with Crippen LogP contribution in [0.4, 0.5) is 21.5 Å². The van der Waals surface area contributed by atoms with Gasteiger partial charge in [0.15, 0.2) is 0 Å². The van der Waals surface area contributed by atoms with Gasteiger partial charge in [-0.3, -0.25) is 14.4 Å². The summed E-state index contributed by atoms with van der Waals surface area (Å²) in [5.74, 6) is -0.916. The Morgan fingerprint density at radius 3 is 2.17 bits per heavy atom. The molecular formula is C32H33FN4O3. The van der Waals surface area contributed by atoms with Crippen molar-refractivity contribution in [3.05, 3.63) is 89.9 Å². The Hall–Kier alpha value is -4.46. The first kappa shape index (κ1) is 27.1. The highest BCUT2D eigenvalue weighted by Crippen LogP contribution is 2.40. The van der Waals surface area contributed by atoms with Crippen LogP contribution in [-0.4, -0.2) is 22.3 Å². The van der Waals surface area contributed by atoms with Crippen LogP contribution in [0.3, 0.4) is 0 Å². The molecule has 0 unspecified atom stereocenters. The summed E-state index contributed by atoms with van der Waals surface area (Å²) in [6, 6.07) is 20.6. The molecular weight excluding hydrogens is 507 g/mol. The third-order valence-corrected chi connectivity index (χ3v) is 7.57. The largest absolute Gasteiger partial charge is 0.332 e. The van der Waals surface area contributed by atoms with Crippen molar-refractivity contribution in [3.8, 4) is 0 Å². The highest BCUT2D eigenvalue weighted by Gasteiger charge is 2.31. The van der Waals surface area contributed by atoms with E-state index in [4.69, 9.17) is 0 Å². The molecule has 4 aromatic rings. The van der Waals surface area contributed by atoms with Gasteiger partial charge in [0.2, 0.25) is 11.8 Å². The minimum atomic E-state index is -0.362. The van der Waals surface area contributed by atoms with E-state index in [1.165, 1.54) is 13.0 Å². The van der Waals surface area contributed by atoms with Crippen LogP contribution in [-0.2, 0) is 16.1 Å². The third kappa shape index (κ3) is 6.22. The fourth-order valence-electron chi connectivity index (χ4n) is 5.54. The van der Waals surface area contributed by atoms with Crippen molar-refractivity contribution in [1.82, 2.24) is 4.57 Å². The van der Waals surface area contributed by atoms with Gasteiger partial charge in [-0.05, 0) is 72.9 Å². The summed E-state index contributed by atoms with van der Waals surface area (Å²) in [7, 11) is 0. The number of hydrogen-bond acceptors (Lipinski definition) is 3. The first-order chi connectivity index (χ1) is 19.2. The molecule has 206 valence electrons. The van der Waals surface area contributed by atoms with Crippen LogP contribution >= 0.6 is 0 Å². The number of carbonyl (C=O) groups excluding carboxylic acids is 3. The number of fused-ring (bicyclic) bond motifs is 1. The molecule has 1 aliphatic rings. The predicted molar refractivity (Wildman–Crippen MR) is 156 cm³/mol. The second kappa shape index (κ2) is 11.3. The van der Waals surface area contributed by atoms with Gasteiger partial charge in [-0.15, -0.1) is 0 Å². The fourth-order valence-corrected chi connectivity index (χ4v) is 5.54. The summed E-state index contributed by atoms with van der Waals surface area (Å²) in [5, 5.41) is 9.37. The van der Waals surface area contributed by atoms with Gasteiger partial charge < -0.3 is 20.5 Å². The van der Waals surface area contributed by atoms with E-state index >= 15 is 0 Å². The van der Waals surface area contributed by atoms with Crippen molar-refractivity contribution in [2.75, 3.05) is 16.0 Å². The van der Waals surface area contributed by atoms with Crippen LogP contribution in [0.15, 0.2) is 72.8 Å². The number of rotatable bonds is 8. The maximum absolute atomic E-state index is 14.6. The molecule has 0 saturated heterocycles. The Labute approximate surface area is 232 Å². The number of anilines is 3. The standard InChI is InChI=1S/C32H33FN4O3/c1-21(38)34-24-9-11-25(12-10-24)36-31(40)29-18-23-17-26(35-30(39)19-32(2)15-5-6-16-32)13-14-28(23)37(29)20-22-7-3-4-8-27(22)33/h3-4,7-14,17-18H,5-6,15-16,19-20H2,1-2H3,(H,34,38)(H,35,39)(H,36,40). The molecule has 5 rings (SSSR count). The lowest BCUT2D eigenvalue weighted by Gasteiger charge is -2.22. The highest BCUT2D eigenvalue weighted by molar-refractivity contribution is 6.07. The number of aromatic nitrogens is 1. The molecule has 40 heavy (non-hydrogen) atoms. The Bertz CT molecular complexity index is 1570. The second-order valence-electron chi connectivity index (χ2n) is 10.9. The van der Waals surface area contributed by atoms with Crippen LogP contribution in [0.5, 0.6) is 0 Å². The molecule has 1 fully saturated rings. The molecule has 1 saturated carbocycles. The molecule has 0 bridgehead atoms. The van der Waals surface area contributed by atoms with Gasteiger partial charge in [0.25, 0.3) is 5.91 Å². The summed E-state index contributed by atoms with van der Waals surface area (Å²) in [6.45, 7) is 3.76. The van der Waals surface area contributed by atoms with Gasteiger partial charge in [-0.2, -0.15) is 0 Å². The first-order valence-corrected chi connectivity index (χ1v) is 13.5. The predicted octanol–water partition coefficient (Wildman–Crippen LogP) is 6.95.